The lowest BCUT2D eigenvalue weighted by molar-refractivity contribution is 0.0952. The summed E-state index contributed by atoms with van der Waals surface area (Å²) >= 11 is 0. The van der Waals surface area contributed by atoms with Crippen LogP contribution in [0.25, 0.3) is 0 Å². The van der Waals surface area contributed by atoms with Crippen molar-refractivity contribution >= 4 is 15.9 Å². The molecule has 7 heteroatoms. The van der Waals surface area contributed by atoms with Gasteiger partial charge in [-0.15, -0.1) is 0 Å². The first-order valence-corrected chi connectivity index (χ1v) is 10.3. The Labute approximate surface area is 150 Å². The number of nitrogens with one attached hydrogen (secondary N) is 1. The molecule has 1 atom stereocenters. The highest BCUT2D eigenvalue weighted by Gasteiger charge is 2.32. The van der Waals surface area contributed by atoms with E-state index in [1.165, 1.54) is 16.4 Å². The van der Waals surface area contributed by atoms with Gasteiger partial charge in [0, 0.05) is 32.3 Å². The molecule has 0 saturated carbocycles. The first kappa shape index (κ1) is 19.9. The fraction of sp³-hybridized carbons (Fsp3) is 0.611. The van der Waals surface area contributed by atoms with Gasteiger partial charge in [0.2, 0.25) is 10.0 Å². The molecule has 1 aromatic carbocycles. The average molecular weight is 368 g/mol. The van der Waals surface area contributed by atoms with E-state index < -0.39 is 10.0 Å². The molecule has 1 amide bonds. The molecule has 0 bridgehead atoms. The predicted octanol–water partition coefficient (Wildman–Crippen LogP) is 2.41. The number of hydrogen-bond acceptors (Lipinski definition) is 4. The highest BCUT2D eigenvalue weighted by Crippen LogP contribution is 2.23. The van der Waals surface area contributed by atoms with E-state index >= 15 is 0 Å². The second kappa shape index (κ2) is 9.31. The van der Waals surface area contributed by atoms with E-state index in [1.807, 2.05) is 0 Å². The van der Waals surface area contributed by atoms with E-state index in [4.69, 9.17) is 4.74 Å². The summed E-state index contributed by atoms with van der Waals surface area (Å²) in [5.74, 6) is -0.232. The minimum absolute atomic E-state index is 0.0654. The normalized spacial score (nSPS) is 18.4. The van der Waals surface area contributed by atoms with Gasteiger partial charge in [0.1, 0.15) is 0 Å². The zero-order valence-corrected chi connectivity index (χ0v) is 15.8. The quantitative estimate of drug-likeness (QED) is 0.679. The standard InChI is InChI=1S/C18H28N2O4S/c1-3-4-5-6-11-19-18(21)15-8-7-9-17(13-15)25(22,23)20-12-10-16(14-20)24-2/h7-9,13,16H,3-6,10-12,14H2,1-2H3,(H,19,21)/t16-/m0/s1. The van der Waals surface area contributed by atoms with Crippen molar-refractivity contribution in [3.8, 4) is 0 Å². The molecule has 0 spiro atoms. The Hall–Kier alpha value is -1.44. The van der Waals surface area contributed by atoms with Crippen LogP contribution in [0.4, 0.5) is 0 Å². The van der Waals surface area contributed by atoms with E-state index in [9.17, 15) is 13.2 Å². The van der Waals surface area contributed by atoms with Gasteiger partial charge < -0.3 is 10.1 Å². The van der Waals surface area contributed by atoms with Gasteiger partial charge in [-0.1, -0.05) is 32.3 Å². The molecule has 1 aromatic rings. The third kappa shape index (κ3) is 5.26. The van der Waals surface area contributed by atoms with Crippen molar-refractivity contribution in [2.75, 3.05) is 26.7 Å². The first-order chi connectivity index (χ1) is 12.0. The Morgan fingerprint density at radius 2 is 2.12 bits per heavy atom. The van der Waals surface area contributed by atoms with Gasteiger partial charge in [0.25, 0.3) is 5.91 Å². The predicted molar refractivity (Wildman–Crippen MR) is 97.1 cm³/mol. The minimum atomic E-state index is -3.60. The zero-order valence-electron chi connectivity index (χ0n) is 15.0. The third-order valence-electron chi connectivity index (χ3n) is 4.49. The number of benzene rings is 1. The Morgan fingerprint density at radius 3 is 2.80 bits per heavy atom. The molecule has 6 nitrogen and oxygen atoms in total. The Bertz CT molecular complexity index is 675. The van der Waals surface area contributed by atoms with Gasteiger partial charge in [-0.3, -0.25) is 4.79 Å². The molecular formula is C18H28N2O4S. The number of nitrogens with zero attached hydrogens (tertiary/aromatic N) is 1. The number of carbonyl (C=O) groups is 1. The van der Waals surface area contributed by atoms with Crippen molar-refractivity contribution in [1.82, 2.24) is 9.62 Å². The van der Waals surface area contributed by atoms with Gasteiger partial charge in [-0.2, -0.15) is 4.31 Å². The van der Waals surface area contributed by atoms with Crippen molar-refractivity contribution in [3.05, 3.63) is 29.8 Å². The smallest absolute Gasteiger partial charge is 0.251 e. The molecule has 1 heterocycles. The molecule has 140 valence electrons. The maximum atomic E-state index is 12.7. The van der Waals surface area contributed by atoms with Crippen molar-refractivity contribution in [2.24, 2.45) is 0 Å². The van der Waals surface area contributed by atoms with E-state index in [1.54, 1.807) is 19.2 Å². The summed E-state index contributed by atoms with van der Waals surface area (Å²) in [7, 11) is -2.01. The fourth-order valence-corrected chi connectivity index (χ4v) is 4.44. The summed E-state index contributed by atoms with van der Waals surface area (Å²) in [5.41, 5.74) is 0.374. The van der Waals surface area contributed by atoms with Crippen LogP contribution in [-0.2, 0) is 14.8 Å². The topological polar surface area (TPSA) is 75.7 Å². The molecule has 1 aliphatic heterocycles. The number of methoxy groups -OCH3 is 1. The van der Waals surface area contributed by atoms with Gasteiger partial charge in [-0.25, -0.2) is 8.42 Å². The van der Waals surface area contributed by atoms with E-state index in [-0.39, 0.29) is 16.9 Å². The Balaban J connectivity index is 2.01. The number of ether oxygens (including phenoxy) is 1. The molecular weight excluding hydrogens is 340 g/mol. The third-order valence-corrected chi connectivity index (χ3v) is 6.35. The number of sulfonamides is 1. The lowest BCUT2D eigenvalue weighted by Crippen LogP contribution is -2.30. The summed E-state index contributed by atoms with van der Waals surface area (Å²) in [6, 6.07) is 6.25. The highest BCUT2D eigenvalue weighted by molar-refractivity contribution is 7.89. The minimum Gasteiger partial charge on any atom is -0.380 e. The largest absolute Gasteiger partial charge is 0.380 e. The molecule has 2 rings (SSSR count). The zero-order chi connectivity index (χ0) is 18.3. The van der Waals surface area contributed by atoms with Crippen LogP contribution in [0.2, 0.25) is 0 Å². The van der Waals surface area contributed by atoms with Gasteiger partial charge in [0.05, 0.1) is 11.0 Å². The van der Waals surface area contributed by atoms with Crippen LogP contribution in [0.3, 0.4) is 0 Å². The summed E-state index contributed by atoms with van der Waals surface area (Å²) in [6.07, 6.45) is 4.94. The SMILES string of the molecule is CCCCCCNC(=O)c1cccc(S(=O)(=O)N2CC[C@H](OC)C2)c1. The molecule has 25 heavy (non-hydrogen) atoms. The van der Waals surface area contributed by atoms with Crippen LogP contribution in [0.1, 0.15) is 49.4 Å². The molecule has 1 saturated heterocycles. The number of carbonyl (C=O) groups excluding carboxylic acids is 1. The van der Waals surface area contributed by atoms with Crippen molar-refractivity contribution in [1.29, 1.82) is 0 Å². The summed E-state index contributed by atoms with van der Waals surface area (Å²) in [6.45, 7) is 3.54. The summed E-state index contributed by atoms with van der Waals surface area (Å²) < 4.78 is 32.1. The second-order valence-corrected chi connectivity index (χ2v) is 8.29. The van der Waals surface area contributed by atoms with Crippen LogP contribution in [0, 0.1) is 0 Å². The maximum Gasteiger partial charge on any atom is 0.251 e. The van der Waals surface area contributed by atoms with Gasteiger partial charge in [0.15, 0.2) is 0 Å². The number of unbranched alkanes of at least 4 members (excludes halogenated alkanes) is 3. The monoisotopic (exact) mass is 368 g/mol. The number of rotatable bonds is 9. The summed E-state index contributed by atoms with van der Waals surface area (Å²) in [4.78, 5) is 12.4. The molecule has 1 aliphatic rings. The molecule has 0 aromatic heterocycles. The fourth-order valence-electron chi connectivity index (χ4n) is 2.91. The molecule has 0 aliphatic carbocycles. The van der Waals surface area contributed by atoms with E-state index in [0.717, 1.165) is 25.7 Å². The van der Waals surface area contributed by atoms with Crippen LogP contribution in [0.5, 0.6) is 0 Å². The molecule has 1 fully saturated rings. The summed E-state index contributed by atoms with van der Waals surface area (Å²) in [5, 5.41) is 2.85. The molecule has 0 unspecified atom stereocenters. The lowest BCUT2D eigenvalue weighted by Gasteiger charge is -2.16. The average Bonchev–Trinajstić information content (AvgIpc) is 3.11. The second-order valence-electron chi connectivity index (χ2n) is 6.35. The van der Waals surface area contributed by atoms with Crippen LogP contribution in [0.15, 0.2) is 29.2 Å². The molecule has 0 radical (unpaired) electrons. The maximum absolute atomic E-state index is 12.7. The van der Waals surface area contributed by atoms with Gasteiger partial charge in [-0.05, 0) is 31.0 Å². The van der Waals surface area contributed by atoms with Crippen molar-refractivity contribution < 1.29 is 17.9 Å². The van der Waals surface area contributed by atoms with E-state index in [2.05, 4.69) is 12.2 Å². The Kier molecular flexibility index (Phi) is 7.40. The van der Waals surface area contributed by atoms with Crippen LogP contribution < -0.4 is 5.32 Å². The van der Waals surface area contributed by atoms with Crippen molar-refractivity contribution in [2.45, 2.75) is 50.0 Å². The van der Waals surface area contributed by atoms with E-state index in [0.29, 0.717) is 31.6 Å². The highest BCUT2D eigenvalue weighted by atomic mass is 32.2. The van der Waals surface area contributed by atoms with Crippen LogP contribution in [-0.4, -0.2) is 51.5 Å². The van der Waals surface area contributed by atoms with Gasteiger partial charge >= 0.3 is 0 Å². The molecule has 1 N–H and O–H groups in total. The Morgan fingerprint density at radius 1 is 1.32 bits per heavy atom. The lowest BCUT2D eigenvalue weighted by atomic mass is 10.2. The first-order valence-electron chi connectivity index (χ1n) is 8.90. The van der Waals surface area contributed by atoms with Crippen molar-refractivity contribution in [3.63, 3.8) is 0 Å². The van der Waals surface area contributed by atoms with Crippen LogP contribution >= 0.6 is 0 Å². The number of amides is 1. The number of hydrogen-bond donors (Lipinski definition) is 1.